The maximum Gasteiger partial charge on any atom is 0.107 e. The van der Waals surface area contributed by atoms with Crippen LogP contribution in [0, 0.1) is 5.92 Å². The first-order valence-corrected chi connectivity index (χ1v) is 6.24. The largest absolute Gasteiger partial charge is 0.310 e. The van der Waals surface area contributed by atoms with Gasteiger partial charge in [0.05, 0.1) is 5.69 Å². The molecule has 0 aliphatic rings. The van der Waals surface area contributed by atoms with Crippen molar-refractivity contribution < 1.29 is 0 Å². The lowest BCUT2D eigenvalue weighted by Crippen LogP contribution is -2.18. The van der Waals surface area contributed by atoms with Crippen LogP contribution in [0.15, 0.2) is 5.38 Å². The van der Waals surface area contributed by atoms with Gasteiger partial charge in [-0.3, -0.25) is 0 Å². The molecule has 0 aromatic carbocycles. The molecule has 0 unspecified atom stereocenters. The van der Waals surface area contributed by atoms with Crippen molar-refractivity contribution in [3.8, 4) is 0 Å². The molecule has 14 heavy (non-hydrogen) atoms. The molecule has 0 bridgehead atoms. The molecular weight excluding hydrogens is 192 g/mol. The van der Waals surface area contributed by atoms with Crippen LogP contribution in [0.2, 0.25) is 0 Å². The number of nitrogens with zero attached hydrogens (tertiary/aromatic N) is 1. The van der Waals surface area contributed by atoms with E-state index in [4.69, 9.17) is 0 Å². The molecule has 0 radical (unpaired) electrons. The van der Waals surface area contributed by atoms with E-state index in [9.17, 15) is 0 Å². The summed E-state index contributed by atoms with van der Waals surface area (Å²) in [5.41, 5.74) is 1.25. The Morgan fingerprint density at radius 3 is 2.93 bits per heavy atom. The number of aromatic nitrogens is 1. The van der Waals surface area contributed by atoms with E-state index in [1.165, 1.54) is 17.1 Å². The molecule has 0 atom stereocenters. The van der Waals surface area contributed by atoms with E-state index < -0.39 is 0 Å². The van der Waals surface area contributed by atoms with Gasteiger partial charge in [-0.15, -0.1) is 11.3 Å². The first-order chi connectivity index (χ1) is 6.72. The first-order valence-electron chi connectivity index (χ1n) is 5.36. The summed E-state index contributed by atoms with van der Waals surface area (Å²) in [6.45, 7) is 8.63. The van der Waals surface area contributed by atoms with E-state index >= 15 is 0 Å². The summed E-state index contributed by atoms with van der Waals surface area (Å²) in [6, 6.07) is 0. The molecule has 1 aromatic rings. The van der Waals surface area contributed by atoms with Crippen LogP contribution in [0.3, 0.4) is 0 Å². The van der Waals surface area contributed by atoms with Crippen LogP contribution in [0.4, 0.5) is 0 Å². The fraction of sp³-hybridized carbons (Fsp3) is 0.727. The third kappa shape index (κ3) is 4.20. The van der Waals surface area contributed by atoms with Gasteiger partial charge in [0.15, 0.2) is 0 Å². The van der Waals surface area contributed by atoms with Crippen molar-refractivity contribution >= 4 is 11.3 Å². The monoisotopic (exact) mass is 212 g/mol. The zero-order valence-corrected chi connectivity index (χ0v) is 10.2. The van der Waals surface area contributed by atoms with Gasteiger partial charge in [0, 0.05) is 11.9 Å². The highest BCUT2D eigenvalue weighted by molar-refractivity contribution is 7.09. The highest BCUT2D eigenvalue weighted by Crippen LogP contribution is 2.10. The highest BCUT2D eigenvalue weighted by Gasteiger charge is 2.01. The number of aryl methyl sites for hydroxylation is 1. The average molecular weight is 212 g/mol. The SMILES string of the molecule is CCCc1csc(CNCC(C)C)n1. The summed E-state index contributed by atoms with van der Waals surface area (Å²) < 4.78 is 0. The molecule has 0 spiro atoms. The Morgan fingerprint density at radius 1 is 1.50 bits per heavy atom. The van der Waals surface area contributed by atoms with Crippen LogP contribution >= 0.6 is 11.3 Å². The second kappa shape index (κ2) is 6.14. The van der Waals surface area contributed by atoms with Crippen LogP contribution < -0.4 is 5.32 Å². The summed E-state index contributed by atoms with van der Waals surface area (Å²) >= 11 is 1.77. The Balaban J connectivity index is 2.28. The second-order valence-corrected chi connectivity index (χ2v) is 4.95. The Labute approximate surface area is 90.8 Å². The second-order valence-electron chi connectivity index (χ2n) is 4.01. The zero-order valence-electron chi connectivity index (χ0n) is 9.34. The van der Waals surface area contributed by atoms with Crippen LogP contribution in [0.1, 0.15) is 37.9 Å². The third-order valence-electron chi connectivity index (χ3n) is 1.93. The number of thiazole rings is 1. The molecular formula is C11H20N2S. The zero-order chi connectivity index (χ0) is 10.4. The molecule has 0 saturated heterocycles. The Morgan fingerprint density at radius 2 is 2.29 bits per heavy atom. The fourth-order valence-electron chi connectivity index (χ4n) is 1.27. The highest BCUT2D eigenvalue weighted by atomic mass is 32.1. The summed E-state index contributed by atoms with van der Waals surface area (Å²) in [7, 11) is 0. The molecule has 1 N–H and O–H groups in total. The number of nitrogens with one attached hydrogen (secondary N) is 1. The number of hydrogen-bond acceptors (Lipinski definition) is 3. The number of rotatable bonds is 6. The molecule has 1 rings (SSSR count). The number of hydrogen-bond donors (Lipinski definition) is 1. The third-order valence-corrected chi connectivity index (χ3v) is 2.83. The predicted molar refractivity (Wildman–Crippen MR) is 62.7 cm³/mol. The molecule has 3 heteroatoms. The van der Waals surface area contributed by atoms with Gasteiger partial charge in [0.25, 0.3) is 0 Å². The molecule has 1 heterocycles. The molecule has 0 fully saturated rings. The molecule has 1 aromatic heterocycles. The minimum Gasteiger partial charge on any atom is -0.310 e. The minimum absolute atomic E-state index is 0.713. The minimum atomic E-state index is 0.713. The van der Waals surface area contributed by atoms with Crippen LogP contribution in [0.5, 0.6) is 0 Å². The summed E-state index contributed by atoms with van der Waals surface area (Å²) in [5.74, 6) is 0.713. The maximum atomic E-state index is 4.55. The van der Waals surface area contributed by atoms with Gasteiger partial charge in [-0.1, -0.05) is 27.2 Å². The lowest BCUT2D eigenvalue weighted by molar-refractivity contribution is 0.551. The van der Waals surface area contributed by atoms with Crippen molar-refractivity contribution in [1.82, 2.24) is 10.3 Å². The standard InChI is InChI=1S/C11H20N2S/c1-4-5-10-8-14-11(13-10)7-12-6-9(2)3/h8-9,12H,4-7H2,1-3H3. The quantitative estimate of drug-likeness (QED) is 0.784. The van der Waals surface area contributed by atoms with E-state index in [0.29, 0.717) is 5.92 Å². The van der Waals surface area contributed by atoms with Crippen molar-refractivity contribution in [2.45, 2.75) is 40.2 Å². The molecule has 80 valence electrons. The molecule has 0 amide bonds. The lowest BCUT2D eigenvalue weighted by atomic mass is 10.2. The van der Waals surface area contributed by atoms with Gasteiger partial charge in [0.2, 0.25) is 0 Å². The normalized spacial score (nSPS) is 11.1. The smallest absolute Gasteiger partial charge is 0.107 e. The van der Waals surface area contributed by atoms with Crippen LogP contribution in [-0.4, -0.2) is 11.5 Å². The molecule has 0 saturated carbocycles. The Bertz CT molecular complexity index is 256. The molecule has 0 aliphatic carbocycles. The van der Waals surface area contributed by atoms with E-state index in [1.807, 2.05) is 0 Å². The van der Waals surface area contributed by atoms with Crippen molar-refractivity contribution in [2.75, 3.05) is 6.54 Å². The average Bonchev–Trinajstić information content (AvgIpc) is 2.53. The Hall–Kier alpha value is -0.410. The topological polar surface area (TPSA) is 24.9 Å². The van der Waals surface area contributed by atoms with Gasteiger partial charge in [-0.2, -0.15) is 0 Å². The van der Waals surface area contributed by atoms with E-state index in [0.717, 1.165) is 19.5 Å². The predicted octanol–water partition coefficient (Wildman–Crippen LogP) is 2.84. The molecule has 0 aliphatic heterocycles. The van der Waals surface area contributed by atoms with Gasteiger partial charge in [0.1, 0.15) is 5.01 Å². The Kier molecular flexibility index (Phi) is 5.12. The fourth-order valence-corrected chi connectivity index (χ4v) is 2.07. The van der Waals surface area contributed by atoms with Gasteiger partial charge >= 0.3 is 0 Å². The van der Waals surface area contributed by atoms with E-state index in [2.05, 4.69) is 36.5 Å². The van der Waals surface area contributed by atoms with Crippen LogP contribution in [0.25, 0.3) is 0 Å². The van der Waals surface area contributed by atoms with E-state index in [1.54, 1.807) is 11.3 Å². The first kappa shape index (κ1) is 11.7. The van der Waals surface area contributed by atoms with Gasteiger partial charge < -0.3 is 5.32 Å². The maximum absolute atomic E-state index is 4.55. The van der Waals surface area contributed by atoms with Crippen molar-refractivity contribution in [1.29, 1.82) is 0 Å². The summed E-state index contributed by atoms with van der Waals surface area (Å²) in [6.07, 6.45) is 2.29. The van der Waals surface area contributed by atoms with Crippen LogP contribution in [-0.2, 0) is 13.0 Å². The lowest BCUT2D eigenvalue weighted by Gasteiger charge is -2.04. The van der Waals surface area contributed by atoms with E-state index in [-0.39, 0.29) is 0 Å². The van der Waals surface area contributed by atoms with Gasteiger partial charge in [-0.05, 0) is 18.9 Å². The summed E-state index contributed by atoms with van der Waals surface area (Å²) in [5, 5.41) is 6.80. The summed E-state index contributed by atoms with van der Waals surface area (Å²) in [4.78, 5) is 4.55. The molecule has 2 nitrogen and oxygen atoms in total. The van der Waals surface area contributed by atoms with Crippen molar-refractivity contribution in [3.63, 3.8) is 0 Å². The van der Waals surface area contributed by atoms with Crippen molar-refractivity contribution in [3.05, 3.63) is 16.1 Å². The van der Waals surface area contributed by atoms with Gasteiger partial charge in [-0.25, -0.2) is 4.98 Å². The van der Waals surface area contributed by atoms with Crippen molar-refractivity contribution in [2.24, 2.45) is 5.92 Å².